The summed E-state index contributed by atoms with van der Waals surface area (Å²) in [5.41, 5.74) is 5.88. The quantitative estimate of drug-likeness (QED) is 0.719. The molecule has 0 aromatic heterocycles. The van der Waals surface area contributed by atoms with Crippen LogP contribution in [-0.4, -0.2) is 36.3 Å². The Bertz CT molecular complexity index is 484. The summed E-state index contributed by atoms with van der Waals surface area (Å²) >= 11 is 3.37. The fourth-order valence-electron chi connectivity index (χ4n) is 2.47. The summed E-state index contributed by atoms with van der Waals surface area (Å²) in [6.45, 7) is 0.298. The highest BCUT2D eigenvalue weighted by Crippen LogP contribution is 2.24. The number of hydrogen-bond acceptors (Lipinski definition) is 4. The van der Waals surface area contributed by atoms with E-state index in [2.05, 4.69) is 21.2 Å². The van der Waals surface area contributed by atoms with E-state index in [-0.39, 0.29) is 31.0 Å². The number of nitrogens with one attached hydrogen (secondary N) is 1. The Morgan fingerprint density at radius 2 is 2.24 bits per heavy atom. The number of benzene rings is 1. The van der Waals surface area contributed by atoms with Gasteiger partial charge in [-0.05, 0) is 40.9 Å². The molecule has 1 amide bonds. The third-order valence-corrected chi connectivity index (χ3v) is 4.34. The maximum absolute atomic E-state index is 11.9. The Morgan fingerprint density at radius 1 is 1.48 bits per heavy atom. The number of hydrogen-bond donors (Lipinski definition) is 3. The number of carbonyl (C=O) groups excluding carboxylic acids is 1. The largest absolute Gasteiger partial charge is 0.490 e. The fourth-order valence-corrected chi connectivity index (χ4v) is 2.87. The zero-order chi connectivity index (χ0) is 15.2. The molecule has 1 fully saturated rings. The van der Waals surface area contributed by atoms with Crippen LogP contribution < -0.4 is 15.8 Å². The lowest BCUT2D eigenvalue weighted by Crippen LogP contribution is -2.42. The van der Waals surface area contributed by atoms with Crippen LogP contribution in [0.1, 0.15) is 19.3 Å². The predicted octanol–water partition coefficient (Wildman–Crippen LogP) is 1.43. The van der Waals surface area contributed by atoms with Gasteiger partial charge in [-0.15, -0.1) is 0 Å². The van der Waals surface area contributed by atoms with Crippen molar-refractivity contribution in [2.75, 3.05) is 13.2 Å². The van der Waals surface area contributed by atoms with Gasteiger partial charge in [-0.3, -0.25) is 4.79 Å². The Kier molecular flexibility index (Phi) is 6.02. The molecule has 0 bridgehead atoms. The van der Waals surface area contributed by atoms with E-state index in [1.165, 1.54) is 0 Å². The minimum atomic E-state index is -0.751. The Labute approximate surface area is 133 Å². The molecule has 0 saturated heterocycles. The monoisotopic (exact) mass is 356 g/mol. The van der Waals surface area contributed by atoms with Gasteiger partial charge in [0.25, 0.3) is 0 Å². The lowest BCUT2D eigenvalue weighted by molar-refractivity contribution is -0.125. The molecular weight excluding hydrogens is 336 g/mol. The maximum atomic E-state index is 11.9. The number of para-hydroxylation sites is 1. The van der Waals surface area contributed by atoms with Crippen molar-refractivity contribution in [3.05, 3.63) is 28.7 Å². The lowest BCUT2D eigenvalue weighted by atomic mass is 10.0. The second-order valence-corrected chi connectivity index (χ2v) is 6.20. The molecule has 6 heteroatoms. The summed E-state index contributed by atoms with van der Waals surface area (Å²) in [6, 6.07) is 7.37. The summed E-state index contributed by atoms with van der Waals surface area (Å²) in [6.07, 6.45) is 1.97. The van der Waals surface area contributed by atoms with Gasteiger partial charge in [0.15, 0.2) is 0 Å². The Balaban J connectivity index is 1.71. The second-order valence-electron chi connectivity index (χ2n) is 5.34. The molecule has 4 N–H and O–H groups in total. The molecule has 116 valence electrons. The molecule has 0 unspecified atom stereocenters. The van der Waals surface area contributed by atoms with Gasteiger partial charge >= 0.3 is 0 Å². The Morgan fingerprint density at radius 3 is 2.90 bits per heavy atom. The minimum Gasteiger partial charge on any atom is -0.490 e. The van der Waals surface area contributed by atoms with Crippen molar-refractivity contribution in [3.63, 3.8) is 0 Å². The van der Waals surface area contributed by atoms with Crippen LogP contribution in [0, 0.1) is 5.92 Å². The standard InChI is InChI=1S/C15H21BrN2O3/c16-12-5-1-2-7-14(12)21-9-10(19)8-18-15(20)11-4-3-6-13(11)17/h1-2,5,7,10-11,13,19H,3-4,6,8-9,17H2,(H,18,20)/t10-,11+,13+/m0/s1. The molecule has 1 aliphatic carbocycles. The summed E-state index contributed by atoms with van der Waals surface area (Å²) in [5.74, 6) is 0.474. The molecule has 3 atom stereocenters. The van der Waals surface area contributed by atoms with Gasteiger partial charge in [0.1, 0.15) is 18.5 Å². The van der Waals surface area contributed by atoms with E-state index in [1.807, 2.05) is 24.3 Å². The van der Waals surface area contributed by atoms with E-state index >= 15 is 0 Å². The lowest BCUT2D eigenvalue weighted by Gasteiger charge is -2.18. The van der Waals surface area contributed by atoms with Crippen molar-refractivity contribution in [1.82, 2.24) is 5.32 Å². The van der Waals surface area contributed by atoms with Gasteiger partial charge in [0, 0.05) is 12.6 Å². The zero-order valence-corrected chi connectivity index (χ0v) is 13.4. The first kappa shape index (κ1) is 16.3. The van der Waals surface area contributed by atoms with Crippen molar-refractivity contribution < 1.29 is 14.6 Å². The van der Waals surface area contributed by atoms with Crippen LogP contribution in [0.5, 0.6) is 5.75 Å². The molecule has 1 aliphatic rings. The molecule has 5 nitrogen and oxygen atoms in total. The summed E-state index contributed by atoms with van der Waals surface area (Å²) < 4.78 is 6.34. The SMILES string of the molecule is N[C@@H]1CCC[C@H]1C(=O)NC[C@H](O)COc1ccccc1Br. The minimum absolute atomic E-state index is 0.0568. The molecule has 0 radical (unpaired) electrons. The average Bonchev–Trinajstić information content (AvgIpc) is 2.90. The van der Waals surface area contributed by atoms with Crippen LogP contribution in [0.25, 0.3) is 0 Å². The molecule has 1 saturated carbocycles. The van der Waals surface area contributed by atoms with E-state index in [0.717, 1.165) is 23.7 Å². The zero-order valence-electron chi connectivity index (χ0n) is 11.8. The van der Waals surface area contributed by atoms with Crippen molar-refractivity contribution in [1.29, 1.82) is 0 Å². The van der Waals surface area contributed by atoms with E-state index in [4.69, 9.17) is 10.5 Å². The van der Waals surface area contributed by atoms with Crippen LogP contribution in [0.15, 0.2) is 28.7 Å². The van der Waals surface area contributed by atoms with E-state index in [9.17, 15) is 9.90 Å². The van der Waals surface area contributed by atoms with Crippen molar-refractivity contribution in [2.24, 2.45) is 11.7 Å². The van der Waals surface area contributed by atoms with Crippen LogP contribution in [0.3, 0.4) is 0 Å². The molecule has 0 spiro atoms. The third-order valence-electron chi connectivity index (χ3n) is 3.69. The highest BCUT2D eigenvalue weighted by Gasteiger charge is 2.30. The topological polar surface area (TPSA) is 84.6 Å². The predicted molar refractivity (Wildman–Crippen MR) is 84.0 cm³/mol. The number of nitrogens with two attached hydrogens (primary N) is 1. The first-order valence-corrected chi connectivity index (χ1v) is 7.96. The molecule has 1 aromatic rings. The van der Waals surface area contributed by atoms with Gasteiger partial charge in [-0.25, -0.2) is 0 Å². The van der Waals surface area contributed by atoms with Crippen LogP contribution in [0.2, 0.25) is 0 Å². The molecular formula is C15H21BrN2O3. The van der Waals surface area contributed by atoms with E-state index in [1.54, 1.807) is 0 Å². The van der Waals surface area contributed by atoms with Crippen LogP contribution >= 0.6 is 15.9 Å². The van der Waals surface area contributed by atoms with Gasteiger partial charge in [0.2, 0.25) is 5.91 Å². The molecule has 1 aromatic carbocycles. The average molecular weight is 357 g/mol. The fraction of sp³-hybridized carbons (Fsp3) is 0.533. The summed E-state index contributed by atoms with van der Waals surface area (Å²) in [7, 11) is 0. The number of aliphatic hydroxyl groups is 1. The van der Waals surface area contributed by atoms with E-state index in [0.29, 0.717) is 5.75 Å². The number of ether oxygens (including phenoxy) is 1. The normalized spacial score (nSPS) is 22.8. The number of rotatable bonds is 6. The molecule has 0 aliphatic heterocycles. The van der Waals surface area contributed by atoms with Crippen LogP contribution in [0.4, 0.5) is 0 Å². The smallest absolute Gasteiger partial charge is 0.224 e. The number of amides is 1. The number of aliphatic hydroxyl groups excluding tert-OH is 1. The first-order chi connectivity index (χ1) is 10.1. The third kappa shape index (κ3) is 4.69. The first-order valence-electron chi connectivity index (χ1n) is 7.16. The highest BCUT2D eigenvalue weighted by molar-refractivity contribution is 9.10. The van der Waals surface area contributed by atoms with Gasteiger partial charge in [-0.1, -0.05) is 18.6 Å². The maximum Gasteiger partial charge on any atom is 0.224 e. The summed E-state index contributed by atoms with van der Waals surface area (Å²) in [4.78, 5) is 11.9. The van der Waals surface area contributed by atoms with E-state index < -0.39 is 6.10 Å². The molecule has 2 rings (SSSR count). The second kappa shape index (κ2) is 7.77. The van der Waals surface area contributed by atoms with Crippen molar-refractivity contribution in [2.45, 2.75) is 31.4 Å². The highest BCUT2D eigenvalue weighted by atomic mass is 79.9. The number of halogens is 1. The van der Waals surface area contributed by atoms with Crippen LogP contribution in [-0.2, 0) is 4.79 Å². The van der Waals surface area contributed by atoms with Crippen molar-refractivity contribution in [3.8, 4) is 5.75 Å². The number of carbonyl (C=O) groups is 1. The molecule has 0 heterocycles. The van der Waals surface area contributed by atoms with Gasteiger partial charge < -0.3 is 20.9 Å². The van der Waals surface area contributed by atoms with Gasteiger partial charge in [-0.2, -0.15) is 0 Å². The molecule has 21 heavy (non-hydrogen) atoms. The van der Waals surface area contributed by atoms with Crippen molar-refractivity contribution >= 4 is 21.8 Å². The van der Waals surface area contributed by atoms with Gasteiger partial charge in [0.05, 0.1) is 10.4 Å². The Hall–Kier alpha value is -1.11. The summed E-state index contributed by atoms with van der Waals surface area (Å²) in [5, 5.41) is 12.6.